The minimum atomic E-state index is -1.95. The van der Waals surface area contributed by atoms with E-state index in [0.29, 0.717) is 6.42 Å². The zero-order valence-corrected chi connectivity index (χ0v) is 16.5. The Morgan fingerprint density at radius 1 is 1.17 bits per heavy atom. The van der Waals surface area contributed by atoms with Crippen molar-refractivity contribution >= 4 is 20.2 Å². The van der Waals surface area contributed by atoms with Crippen molar-refractivity contribution in [2.45, 2.75) is 83.3 Å². The molecule has 0 aromatic rings. The van der Waals surface area contributed by atoms with Crippen molar-refractivity contribution < 1.29 is 18.8 Å². The molecule has 2 fully saturated rings. The first-order chi connectivity index (χ1) is 10.5. The first-order valence-electron chi connectivity index (χ1n) is 8.57. The molecule has 2 aliphatic rings. The average Bonchev–Trinajstić information content (AvgIpc) is 3.23. The normalized spacial score (nSPS) is 28.8. The summed E-state index contributed by atoms with van der Waals surface area (Å²) in [5.41, 5.74) is 0. The molecule has 0 bridgehead atoms. The summed E-state index contributed by atoms with van der Waals surface area (Å²) in [6.07, 6.45) is 2.31. The Kier molecular flexibility index (Phi) is 4.98. The van der Waals surface area contributed by atoms with E-state index in [1.54, 1.807) is 4.90 Å². The topological polar surface area (TPSA) is 55.8 Å². The van der Waals surface area contributed by atoms with E-state index in [4.69, 9.17) is 9.16 Å². The summed E-state index contributed by atoms with van der Waals surface area (Å²) in [6, 6.07) is -0.584. The van der Waals surface area contributed by atoms with E-state index in [-0.39, 0.29) is 35.0 Å². The molecule has 5 nitrogen and oxygen atoms in total. The van der Waals surface area contributed by atoms with E-state index >= 15 is 0 Å². The van der Waals surface area contributed by atoms with Crippen LogP contribution in [0.25, 0.3) is 0 Å². The molecule has 1 aliphatic heterocycles. The molecule has 1 aliphatic carbocycles. The minimum absolute atomic E-state index is 0.0821. The Morgan fingerprint density at radius 3 is 2.17 bits per heavy atom. The summed E-state index contributed by atoms with van der Waals surface area (Å²) in [4.78, 5) is 26.5. The van der Waals surface area contributed by atoms with E-state index in [1.807, 2.05) is 6.92 Å². The van der Waals surface area contributed by atoms with Crippen molar-refractivity contribution in [3.63, 3.8) is 0 Å². The van der Waals surface area contributed by atoms with Gasteiger partial charge in [-0.2, -0.15) is 0 Å². The summed E-state index contributed by atoms with van der Waals surface area (Å²) >= 11 is 0. The third-order valence-electron chi connectivity index (χ3n) is 5.67. The maximum atomic E-state index is 12.6. The van der Waals surface area contributed by atoms with Crippen LogP contribution < -0.4 is 0 Å². The maximum absolute atomic E-state index is 12.6. The molecule has 3 atom stereocenters. The highest BCUT2D eigenvalue weighted by molar-refractivity contribution is 6.74. The van der Waals surface area contributed by atoms with Crippen LogP contribution in [-0.4, -0.2) is 50.4 Å². The van der Waals surface area contributed by atoms with Crippen molar-refractivity contribution in [1.29, 1.82) is 0 Å². The number of likely N-dealkylation sites (tertiary alicyclic amines) is 1. The fourth-order valence-electron chi connectivity index (χ4n) is 2.94. The van der Waals surface area contributed by atoms with Gasteiger partial charge in [-0.05, 0) is 37.9 Å². The van der Waals surface area contributed by atoms with Crippen LogP contribution in [-0.2, 0) is 18.8 Å². The molecular formula is C17H31NO4Si. The molecule has 0 N–H and O–H groups in total. The second-order valence-corrected chi connectivity index (χ2v) is 13.2. The SMILES string of the molecule is COC(=O)[C@H]1C[C@H](O[Si](C)(C)C(C)(C)C)C(C)N1C(=O)C1CC1. The Balaban J connectivity index is 2.19. The van der Waals surface area contributed by atoms with Gasteiger partial charge >= 0.3 is 5.97 Å². The molecule has 1 unspecified atom stereocenters. The highest BCUT2D eigenvalue weighted by Crippen LogP contribution is 2.42. The molecule has 132 valence electrons. The van der Waals surface area contributed by atoms with Crippen molar-refractivity contribution in [1.82, 2.24) is 4.90 Å². The molecular weight excluding hydrogens is 310 g/mol. The van der Waals surface area contributed by atoms with Gasteiger partial charge in [-0.25, -0.2) is 4.79 Å². The fraction of sp³-hybridized carbons (Fsp3) is 0.882. The number of rotatable bonds is 4. The highest BCUT2D eigenvalue weighted by Gasteiger charge is 2.51. The third-order valence-corrected chi connectivity index (χ3v) is 10.2. The third kappa shape index (κ3) is 3.63. The van der Waals surface area contributed by atoms with Gasteiger partial charge in [0.2, 0.25) is 5.91 Å². The number of methoxy groups -OCH3 is 1. The van der Waals surface area contributed by atoms with E-state index < -0.39 is 14.4 Å². The smallest absolute Gasteiger partial charge is 0.328 e. The fourth-order valence-corrected chi connectivity index (χ4v) is 4.34. The van der Waals surface area contributed by atoms with Gasteiger partial charge in [-0.1, -0.05) is 20.8 Å². The molecule has 1 saturated carbocycles. The van der Waals surface area contributed by atoms with E-state index in [1.165, 1.54) is 7.11 Å². The van der Waals surface area contributed by atoms with Gasteiger partial charge < -0.3 is 14.1 Å². The van der Waals surface area contributed by atoms with Crippen LogP contribution in [0.5, 0.6) is 0 Å². The monoisotopic (exact) mass is 341 g/mol. The molecule has 1 amide bonds. The lowest BCUT2D eigenvalue weighted by Gasteiger charge is -2.39. The largest absolute Gasteiger partial charge is 0.467 e. The van der Waals surface area contributed by atoms with Crippen LogP contribution in [0.1, 0.15) is 47.0 Å². The lowest BCUT2D eigenvalue weighted by atomic mass is 10.1. The predicted molar refractivity (Wildman–Crippen MR) is 91.5 cm³/mol. The Bertz CT molecular complexity index is 481. The number of carbonyl (C=O) groups is 2. The number of hydrogen-bond donors (Lipinski definition) is 0. The van der Waals surface area contributed by atoms with Gasteiger partial charge in [0.05, 0.1) is 19.3 Å². The molecule has 1 heterocycles. The number of ether oxygens (including phenoxy) is 1. The Labute approximate surface area is 140 Å². The summed E-state index contributed by atoms with van der Waals surface area (Å²) in [7, 11) is -0.569. The van der Waals surface area contributed by atoms with Gasteiger partial charge in [0, 0.05) is 12.3 Å². The van der Waals surface area contributed by atoms with E-state index in [2.05, 4.69) is 33.9 Å². The van der Waals surface area contributed by atoms with Gasteiger partial charge in [0.15, 0.2) is 8.32 Å². The van der Waals surface area contributed by atoms with Crippen LogP contribution >= 0.6 is 0 Å². The summed E-state index contributed by atoms with van der Waals surface area (Å²) < 4.78 is 11.4. The Morgan fingerprint density at radius 2 is 1.74 bits per heavy atom. The average molecular weight is 342 g/mol. The molecule has 6 heteroatoms. The molecule has 1 saturated heterocycles. The lowest BCUT2D eigenvalue weighted by Crippen LogP contribution is -2.49. The molecule has 2 rings (SSSR count). The number of hydrogen-bond acceptors (Lipinski definition) is 4. The van der Waals surface area contributed by atoms with E-state index in [9.17, 15) is 9.59 Å². The summed E-state index contributed by atoms with van der Waals surface area (Å²) in [6.45, 7) is 13.0. The molecule has 0 aromatic carbocycles. The first-order valence-corrected chi connectivity index (χ1v) is 11.5. The van der Waals surface area contributed by atoms with Crippen molar-refractivity contribution in [2.75, 3.05) is 7.11 Å². The summed E-state index contributed by atoms with van der Waals surface area (Å²) in [5, 5.41) is 0.0986. The van der Waals surface area contributed by atoms with E-state index in [0.717, 1.165) is 12.8 Å². The maximum Gasteiger partial charge on any atom is 0.328 e. The van der Waals surface area contributed by atoms with Crippen molar-refractivity contribution in [3.8, 4) is 0 Å². The molecule has 0 spiro atoms. The Hall–Kier alpha value is -0.883. The highest BCUT2D eigenvalue weighted by atomic mass is 28.4. The standard InChI is InChI=1S/C17H31NO4Si/c1-11-14(22-23(6,7)17(2,3)4)10-13(16(20)21-5)18(11)15(19)12-8-9-12/h11-14H,8-10H2,1-7H3/t11?,13-,14+/m1/s1. The summed E-state index contributed by atoms with van der Waals surface area (Å²) in [5.74, 6) is -0.141. The van der Waals surface area contributed by atoms with Crippen LogP contribution in [0.2, 0.25) is 18.1 Å². The van der Waals surface area contributed by atoms with Crippen molar-refractivity contribution in [3.05, 3.63) is 0 Å². The van der Waals surface area contributed by atoms with Crippen LogP contribution in [0.15, 0.2) is 0 Å². The second-order valence-electron chi connectivity index (χ2n) is 8.45. The first kappa shape index (κ1) is 18.5. The van der Waals surface area contributed by atoms with Crippen LogP contribution in [0.3, 0.4) is 0 Å². The lowest BCUT2D eigenvalue weighted by molar-refractivity contribution is -0.152. The van der Waals surface area contributed by atoms with Crippen molar-refractivity contribution in [2.24, 2.45) is 5.92 Å². The minimum Gasteiger partial charge on any atom is -0.467 e. The number of amides is 1. The van der Waals surface area contributed by atoms with Gasteiger partial charge in [0.1, 0.15) is 6.04 Å². The predicted octanol–water partition coefficient (Wildman–Crippen LogP) is 2.95. The number of carbonyl (C=O) groups excluding carboxylic acids is 2. The zero-order chi connectivity index (χ0) is 17.6. The van der Waals surface area contributed by atoms with Gasteiger partial charge in [-0.3, -0.25) is 4.79 Å². The van der Waals surface area contributed by atoms with Gasteiger partial charge in [-0.15, -0.1) is 0 Å². The number of esters is 1. The second kappa shape index (κ2) is 6.20. The molecule has 0 aromatic heterocycles. The molecule has 0 radical (unpaired) electrons. The van der Waals surface area contributed by atoms with Gasteiger partial charge in [0.25, 0.3) is 0 Å². The zero-order valence-electron chi connectivity index (χ0n) is 15.5. The quantitative estimate of drug-likeness (QED) is 0.583. The number of nitrogens with zero attached hydrogens (tertiary/aromatic N) is 1. The van der Waals surface area contributed by atoms with Crippen LogP contribution in [0, 0.1) is 5.92 Å². The molecule has 23 heavy (non-hydrogen) atoms. The van der Waals surface area contributed by atoms with Crippen LogP contribution in [0.4, 0.5) is 0 Å².